The van der Waals surface area contributed by atoms with Gasteiger partial charge >= 0.3 is 0 Å². The molecule has 0 aliphatic heterocycles. The van der Waals surface area contributed by atoms with E-state index in [0.29, 0.717) is 5.76 Å². The van der Waals surface area contributed by atoms with Gasteiger partial charge in [0.25, 0.3) is 8.32 Å². The summed E-state index contributed by atoms with van der Waals surface area (Å²) in [6, 6.07) is 17.4. The van der Waals surface area contributed by atoms with Gasteiger partial charge in [-0.15, -0.1) is 0 Å². The van der Waals surface area contributed by atoms with Crippen molar-refractivity contribution in [2.24, 2.45) is 0 Å². The number of fused-ring (bicyclic) bond motifs is 1. The maximum Gasteiger partial charge on any atom is 0.285 e. The van der Waals surface area contributed by atoms with Gasteiger partial charge in [-0.05, 0) is 66.5 Å². The molecule has 0 fully saturated rings. The minimum Gasteiger partial charge on any atom is -0.466 e. The first-order chi connectivity index (χ1) is 13.9. The summed E-state index contributed by atoms with van der Waals surface area (Å²) < 4.78 is 52.5. The summed E-state index contributed by atoms with van der Waals surface area (Å²) in [7, 11) is -3.86. The molecule has 0 aliphatic carbocycles. The summed E-state index contributed by atoms with van der Waals surface area (Å²) in [5.74, 6) is 0.391. The molecule has 3 aromatic rings. The summed E-state index contributed by atoms with van der Waals surface area (Å²) in [6.45, 7) is 5.45. The lowest BCUT2D eigenvalue weighted by Crippen LogP contribution is -2.53. The molecule has 0 aliphatic rings. The highest BCUT2D eigenvalue weighted by Gasteiger charge is 2.46. The van der Waals surface area contributed by atoms with Crippen molar-refractivity contribution in [2.45, 2.75) is 26.4 Å². The fraction of sp³-hybridized carbons (Fsp3) is 0.304. The van der Waals surface area contributed by atoms with Crippen LogP contribution in [0.3, 0.4) is 0 Å². The van der Waals surface area contributed by atoms with E-state index in [-0.39, 0.29) is 0 Å². The van der Waals surface area contributed by atoms with Crippen LogP contribution in [-0.2, 0) is 10.0 Å². The minimum absolute atomic E-state index is 0.391. The van der Waals surface area contributed by atoms with Crippen molar-refractivity contribution in [3.05, 3.63) is 77.8 Å². The van der Waals surface area contributed by atoms with Gasteiger partial charge in [0.1, 0.15) is 30.3 Å². The molecular weight excluding hydrogens is 393 g/mol. The third-order valence-corrected chi connectivity index (χ3v) is 7.91. The van der Waals surface area contributed by atoms with Gasteiger partial charge in [0, 0.05) is 0 Å². The van der Waals surface area contributed by atoms with Crippen LogP contribution in [0.1, 0.15) is 32.1 Å². The smallest absolute Gasteiger partial charge is 0.285 e. The van der Waals surface area contributed by atoms with Crippen LogP contribution in [0.2, 0.25) is 0 Å². The SMILES string of the molecule is CC(=C(C)C(C)(O[Si](CF)(CF)CF)c1ccco1)c1ccc2ccccc2c1. The van der Waals surface area contributed by atoms with Crippen LogP contribution in [0, 0.1) is 0 Å². The van der Waals surface area contributed by atoms with Crippen LogP contribution in [0.4, 0.5) is 13.2 Å². The highest BCUT2D eigenvalue weighted by Crippen LogP contribution is 2.40. The average molecular weight is 419 g/mol. The molecule has 0 spiro atoms. The lowest BCUT2D eigenvalue weighted by atomic mass is 9.87. The molecule has 154 valence electrons. The largest absolute Gasteiger partial charge is 0.466 e. The van der Waals surface area contributed by atoms with Gasteiger partial charge < -0.3 is 8.84 Å². The molecule has 3 rings (SSSR count). The number of halogens is 3. The van der Waals surface area contributed by atoms with E-state index in [1.54, 1.807) is 19.1 Å². The number of alkyl halides is 3. The number of furan rings is 1. The maximum atomic E-state index is 13.7. The quantitative estimate of drug-likeness (QED) is 0.383. The van der Waals surface area contributed by atoms with E-state index < -0.39 is 32.8 Å². The Labute approximate surface area is 170 Å². The van der Waals surface area contributed by atoms with Crippen LogP contribution in [0.25, 0.3) is 16.3 Å². The molecule has 0 radical (unpaired) electrons. The molecule has 2 aromatic carbocycles. The Morgan fingerprint density at radius 2 is 1.59 bits per heavy atom. The summed E-state index contributed by atoms with van der Waals surface area (Å²) in [5.41, 5.74) is 1.27. The van der Waals surface area contributed by atoms with E-state index in [2.05, 4.69) is 6.07 Å². The van der Waals surface area contributed by atoms with Crippen LogP contribution >= 0.6 is 0 Å². The first-order valence-electron chi connectivity index (χ1n) is 9.48. The number of hydrogen-bond donors (Lipinski definition) is 0. The van der Waals surface area contributed by atoms with Crippen molar-refractivity contribution < 1.29 is 22.0 Å². The van der Waals surface area contributed by atoms with Crippen molar-refractivity contribution >= 4 is 24.7 Å². The zero-order valence-corrected chi connectivity index (χ0v) is 17.8. The molecular formula is C23H25F3O2Si. The van der Waals surface area contributed by atoms with E-state index in [4.69, 9.17) is 8.84 Å². The Morgan fingerprint density at radius 1 is 0.931 bits per heavy atom. The summed E-state index contributed by atoms with van der Waals surface area (Å²) in [6.07, 6.45) is -1.95. The lowest BCUT2D eigenvalue weighted by Gasteiger charge is -2.38. The number of allylic oxidation sites excluding steroid dienone is 1. The Morgan fingerprint density at radius 3 is 2.17 bits per heavy atom. The van der Waals surface area contributed by atoms with Crippen molar-refractivity contribution in [3.8, 4) is 0 Å². The van der Waals surface area contributed by atoms with E-state index in [1.807, 2.05) is 50.2 Å². The third kappa shape index (κ3) is 4.05. The Balaban J connectivity index is 2.13. The molecule has 1 unspecified atom stereocenters. The molecule has 1 aromatic heterocycles. The molecule has 0 amide bonds. The zero-order chi connectivity index (χ0) is 21.1. The van der Waals surface area contributed by atoms with Crippen LogP contribution in [0.15, 0.2) is 70.9 Å². The van der Waals surface area contributed by atoms with Crippen molar-refractivity contribution in [3.63, 3.8) is 0 Å². The van der Waals surface area contributed by atoms with Crippen molar-refractivity contribution in [1.29, 1.82) is 0 Å². The Hall–Kier alpha value is -2.31. The van der Waals surface area contributed by atoms with Crippen molar-refractivity contribution in [1.82, 2.24) is 0 Å². The summed E-state index contributed by atoms with van der Waals surface area (Å²) >= 11 is 0. The molecule has 1 heterocycles. The molecule has 1 atom stereocenters. The fourth-order valence-corrected chi connectivity index (χ4v) is 4.98. The van der Waals surface area contributed by atoms with E-state index in [9.17, 15) is 13.2 Å². The molecule has 29 heavy (non-hydrogen) atoms. The first kappa shape index (κ1) is 21.4. The van der Waals surface area contributed by atoms with Gasteiger partial charge in [-0.1, -0.05) is 36.4 Å². The fourth-order valence-electron chi connectivity index (χ4n) is 3.48. The highest BCUT2D eigenvalue weighted by atomic mass is 28.4. The summed E-state index contributed by atoms with van der Waals surface area (Å²) in [4.78, 5) is 0. The standard InChI is InChI=1S/C23H25F3O2Si/c1-17(20-11-10-19-7-4-5-8-21(19)13-20)18(2)23(3,22-9-6-12-27-22)28-29(14-24,15-25)16-26/h4-13H,14-16H2,1-3H3. The number of benzene rings is 2. The van der Waals surface area contributed by atoms with Gasteiger partial charge in [-0.2, -0.15) is 0 Å². The molecule has 2 nitrogen and oxygen atoms in total. The number of rotatable bonds is 8. The first-order valence-corrected chi connectivity index (χ1v) is 12.0. The van der Waals surface area contributed by atoms with E-state index in [1.165, 1.54) is 6.26 Å². The highest BCUT2D eigenvalue weighted by molar-refractivity contribution is 6.73. The van der Waals surface area contributed by atoms with Gasteiger partial charge in [0.15, 0.2) is 0 Å². The molecule has 6 heteroatoms. The third-order valence-electron chi connectivity index (χ3n) is 5.60. The second-order valence-corrected chi connectivity index (χ2v) is 10.9. The van der Waals surface area contributed by atoms with E-state index in [0.717, 1.165) is 27.5 Å². The minimum atomic E-state index is -3.86. The molecule has 0 saturated carbocycles. The van der Waals surface area contributed by atoms with Crippen LogP contribution in [0.5, 0.6) is 0 Å². The number of hydrogen-bond acceptors (Lipinski definition) is 2. The predicted molar refractivity (Wildman–Crippen MR) is 113 cm³/mol. The monoisotopic (exact) mass is 418 g/mol. The molecule has 0 saturated heterocycles. The second kappa shape index (κ2) is 8.59. The van der Waals surface area contributed by atoms with Gasteiger partial charge in [0.2, 0.25) is 0 Å². The normalized spacial score (nSPS) is 15.2. The second-order valence-electron chi connectivity index (χ2n) is 7.51. The van der Waals surface area contributed by atoms with Gasteiger partial charge in [0.05, 0.1) is 6.26 Å². The topological polar surface area (TPSA) is 22.4 Å². The zero-order valence-electron chi connectivity index (χ0n) is 16.8. The lowest BCUT2D eigenvalue weighted by molar-refractivity contribution is 0.0763. The Bertz CT molecular complexity index is 988. The van der Waals surface area contributed by atoms with Gasteiger partial charge in [-0.3, -0.25) is 13.2 Å². The van der Waals surface area contributed by atoms with Gasteiger partial charge in [-0.25, -0.2) is 0 Å². The summed E-state index contributed by atoms with van der Waals surface area (Å²) in [5, 5.41) is 2.20. The molecule has 0 N–H and O–H groups in total. The van der Waals surface area contributed by atoms with Crippen LogP contribution in [-0.4, -0.2) is 27.2 Å². The van der Waals surface area contributed by atoms with Crippen molar-refractivity contribution in [2.75, 3.05) is 18.9 Å². The van der Waals surface area contributed by atoms with Crippen LogP contribution < -0.4 is 0 Å². The predicted octanol–water partition coefficient (Wildman–Crippen LogP) is 6.63. The molecule has 0 bridgehead atoms. The van der Waals surface area contributed by atoms with E-state index >= 15 is 0 Å². The maximum absolute atomic E-state index is 13.7. The average Bonchev–Trinajstić information content (AvgIpc) is 3.32. The Kier molecular flexibility index (Phi) is 6.34.